The highest BCUT2D eigenvalue weighted by Gasteiger charge is 2.07. The molecular weight excluding hydrogens is 260 g/mol. The molecule has 84 valence electrons. The predicted octanol–water partition coefficient (Wildman–Crippen LogP) is 5.09. The molecule has 1 aromatic carbocycles. The Labute approximate surface area is 106 Å². The van der Waals surface area contributed by atoms with Gasteiger partial charge in [-0.1, -0.05) is 64.0 Å². The maximum absolute atomic E-state index is 3.68. The van der Waals surface area contributed by atoms with Gasteiger partial charge in [0, 0.05) is 4.48 Å². The van der Waals surface area contributed by atoms with Crippen molar-refractivity contribution in [3.05, 3.63) is 53.6 Å². The first-order chi connectivity index (χ1) is 7.75. The molecule has 1 aliphatic carbocycles. The first kappa shape index (κ1) is 11.7. The van der Waals surface area contributed by atoms with E-state index >= 15 is 0 Å². The largest absolute Gasteiger partial charge is 0.0879 e. The third-order valence-corrected chi connectivity index (χ3v) is 3.67. The highest BCUT2D eigenvalue weighted by atomic mass is 79.9. The van der Waals surface area contributed by atoms with E-state index in [1.807, 2.05) is 0 Å². The summed E-state index contributed by atoms with van der Waals surface area (Å²) in [5.41, 5.74) is 2.58. The van der Waals surface area contributed by atoms with Crippen molar-refractivity contribution in [2.45, 2.75) is 26.2 Å². The van der Waals surface area contributed by atoms with Crippen LogP contribution in [0.5, 0.6) is 0 Å². The third-order valence-electron chi connectivity index (χ3n) is 2.95. The average molecular weight is 277 g/mol. The summed E-state index contributed by atoms with van der Waals surface area (Å²) >= 11 is 3.68. The summed E-state index contributed by atoms with van der Waals surface area (Å²) in [4.78, 5) is 0. The van der Waals surface area contributed by atoms with E-state index in [0.717, 1.165) is 0 Å². The van der Waals surface area contributed by atoms with Gasteiger partial charge in [-0.25, -0.2) is 0 Å². The van der Waals surface area contributed by atoms with Crippen LogP contribution in [0.3, 0.4) is 0 Å². The number of allylic oxidation sites excluding steroid dienone is 3. The van der Waals surface area contributed by atoms with Crippen LogP contribution in [0, 0.1) is 12.8 Å². The Morgan fingerprint density at radius 2 is 2.31 bits per heavy atom. The standard InChI is InChI=1S/C15H17Br/c1-12-6-5-9-14(10-12)15(16)11-13-7-3-2-4-8-13/h3,5-7,9-11,13H,2,4,8H2,1H3/b15-11+. The fraction of sp³-hybridized carbons (Fsp3) is 0.333. The van der Waals surface area contributed by atoms with E-state index in [-0.39, 0.29) is 0 Å². The van der Waals surface area contributed by atoms with Gasteiger partial charge in [0.25, 0.3) is 0 Å². The summed E-state index contributed by atoms with van der Waals surface area (Å²) < 4.78 is 1.22. The molecule has 1 aliphatic rings. The van der Waals surface area contributed by atoms with Gasteiger partial charge in [-0.3, -0.25) is 0 Å². The minimum absolute atomic E-state index is 0.601. The van der Waals surface area contributed by atoms with Gasteiger partial charge >= 0.3 is 0 Å². The van der Waals surface area contributed by atoms with E-state index in [1.165, 1.54) is 34.9 Å². The molecule has 0 amide bonds. The highest BCUT2D eigenvalue weighted by molar-refractivity contribution is 9.15. The molecule has 0 fully saturated rings. The molecule has 0 nitrogen and oxygen atoms in total. The number of aryl methyl sites for hydroxylation is 1. The van der Waals surface area contributed by atoms with Gasteiger partial charge in [-0.05, 0) is 37.7 Å². The van der Waals surface area contributed by atoms with Crippen molar-refractivity contribution in [3.63, 3.8) is 0 Å². The third kappa shape index (κ3) is 3.08. The second-order valence-corrected chi connectivity index (χ2v) is 5.26. The summed E-state index contributed by atoms with van der Waals surface area (Å²) in [6.07, 6.45) is 10.8. The zero-order valence-corrected chi connectivity index (χ0v) is 11.2. The topological polar surface area (TPSA) is 0 Å². The van der Waals surface area contributed by atoms with E-state index in [4.69, 9.17) is 0 Å². The van der Waals surface area contributed by atoms with Crippen molar-refractivity contribution in [2.24, 2.45) is 5.92 Å². The summed E-state index contributed by atoms with van der Waals surface area (Å²) in [5.74, 6) is 0.601. The van der Waals surface area contributed by atoms with Crippen LogP contribution in [0.15, 0.2) is 42.5 Å². The van der Waals surface area contributed by atoms with Crippen LogP contribution < -0.4 is 0 Å². The lowest BCUT2D eigenvalue weighted by molar-refractivity contribution is 0.632. The lowest BCUT2D eigenvalue weighted by atomic mass is 9.95. The van der Waals surface area contributed by atoms with Crippen LogP contribution in [0.1, 0.15) is 30.4 Å². The Balaban J connectivity index is 2.17. The Bertz CT molecular complexity index is 415. The Morgan fingerprint density at radius 1 is 1.44 bits per heavy atom. The Morgan fingerprint density at radius 3 is 3.00 bits per heavy atom. The molecule has 0 spiro atoms. The number of hydrogen-bond acceptors (Lipinski definition) is 0. The van der Waals surface area contributed by atoms with Gasteiger partial charge in [0.1, 0.15) is 0 Å². The van der Waals surface area contributed by atoms with E-state index < -0.39 is 0 Å². The first-order valence-electron chi connectivity index (χ1n) is 5.87. The Hall–Kier alpha value is -0.820. The SMILES string of the molecule is Cc1cccc(/C(Br)=C\C2C=CCCC2)c1. The van der Waals surface area contributed by atoms with Crippen LogP contribution in [-0.2, 0) is 0 Å². The lowest BCUT2D eigenvalue weighted by Crippen LogP contribution is -1.97. The normalized spacial score (nSPS) is 21.1. The smallest absolute Gasteiger partial charge is 0.0213 e. The van der Waals surface area contributed by atoms with E-state index in [2.05, 4.69) is 65.3 Å². The quantitative estimate of drug-likeness (QED) is 0.661. The summed E-state index contributed by atoms with van der Waals surface area (Å²) in [7, 11) is 0. The molecule has 2 rings (SSSR count). The van der Waals surface area contributed by atoms with Gasteiger partial charge in [-0.15, -0.1) is 0 Å². The van der Waals surface area contributed by atoms with Crippen molar-refractivity contribution in [2.75, 3.05) is 0 Å². The van der Waals surface area contributed by atoms with Crippen LogP contribution in [-0.4, -0.2) is 0 Å². The van der Waals surface area contributed by atoms with Crippen molar-refractivity contribution in [1.82, 2.24) is 0 Å². The van der Waals surface area contributed by atoms with Gasteiger partial charge in [0.15, 0.2) is 0 Å². The average Bonchev–Trinajstić information content (AvgIpc) is 2.30. The number of halogens is 1. The molecule has 0 saturated carbocycles. The zero-order chi connectivity index (χ0) is 11.4. The second kappa shape index (κ2) is 5.49. The molecule has 1 heteroatoms. The molecule has 0 aromatic heterocycles. The molecular formula is C15H17Br. The fourth-order valence-electron chi connectivity index (χ4n) is 2.06. The monoisotopic (exact) mass is 276 g/mol. The van der Waals surface area contributed by atoms with Gasteiger partial charge in [-0.2, -0.15) is 0 Å². The molecule has 0 radical (unpaired) electrons. The highest BCUT2D eigenvalue weighted by Crippen LogP contribution is 2.27. The van der Waals surface area contributed by atoms with Crippen LogP contribution >= 0.6 is 15.9 Å². The van der Waals surface area contributed by atoms with Gasteiger partial charge < -0.3 is 0 Å². The van der Waals surface area contributed by atoms with E-state index in [9.17, 15) is 0 Å². The van der Waals surface area contributed by atoms with Crippen molar-refractivity contribution in [3.8, 4) is 0 Å². The molecule has 0 bridgehead atoms. The molecule has 1 unspecified atom stereocenters. The molecule has 0 N–H and O–H groups in total. The Kier molecular flexibility index (Phi) is 4.00. The van der Waals surface area contributed by atoms with Gasteiger partial charge in [0.05, 0.1) is 0 Å². The van der Waals surface area contributed by atoms with Crippen molar-refractivity contribution < 1.29 is 0 Å². The van der Waals surface area contributed by atoms with E-state index in [0.29, 0.717) is 5.92 Å². The molecule has 0 heterocycles. The fourth-order valence-corrected chi connectivity index (χ4v) is 2.64. The summed E-state index contributed by atoms with van der Waals surface area (Å²) in [6.45, 7) is 2.13. The first-order valence-corrected chi connectivity index (χ1v) is 6.66. The summed E-state index contributed by atoms with van der Waals surface area (Å²) in [6, 6.07) is 8.61. The summed E-state index contributed by atoms with van der Waals surface area (Å²) in [5, 5.41) is 0. The second-order valence-electron chi connectivity index (χ2n) is 4.41. The minimum Gasteiger partial charge on any atom is -0.0879 e. The van der Waals surface area contributed by atoms with Crippen LogP contribution in [0.4, 0.5) is 0 Å². The number of hydrogen-bond donors (Lipinski definition) is 0. The van der Waals surface area contributed by atoms with Crippen molar-refractivity contribution >= 4 is 20.4 Å². The van der Waals surface area contributed by atoms with Crippen LogP contribution in [0.25, 0.3) is 4.48 Å². The zero-order valence-electron chi connectivity index (χ0n) is 9.62. The molecule has 1 atom stereocenters. The molecule has 0 saturated heterocycles. The van der Waals surface area contributed by atoms with Crippen molar-refractivity contribution in [1.29, 1.82) is 0 Å². The lowest BCUT2D eigenvalue weighted by Gasteiger charge is -2.13. The maximum atomic E-state index is 3.68. The predicted molar refractivity (Wildman–Crippen MR) is 74.6 cm³/mol. The number of benzene rings is 1. The van der Waals surface area contributed by atoms with E-state index in [1.54, 1.807) is 0 Å². The minimum atomic E-state index is 0.601. The van der Waals surface area contributed by atoms with Gasteiger partial charge in [0.2, 0.25) is 0 Å². The molecule has 0 aliphatic heterocycles. The molecule has 16 heavy (non-hydrogen) atoms. The number of rotatable bonds is 2. The molecule has 1 aromatic rings. The van der Waals surface area contributed by atoms with Crippen LogP contribution in [0.2, 0.25) is 0 Å². The maximum Gasteiger partial charge on any atom is 0.0213 e.